The van der Waals surface area contributed by atoms with Crippen LogP contribution in [0.2, 0.25) is 0 Å². The molecule has 1 aromatic heterocycles. The highest BCUT2D eigenvalue weighted by Gasteiger charge is 2.24. The maximum absolute atomic E-state index is 4.86. The van der Waals surface area contributed by atoms with Crippen LogP contribution in [0.15, 0.2) is 5.38 Å². The molecule has 0 aliphatic rings. The van der Waals surface area contributed by atoms with Crippen LogP contribution in [0.1, 0.15) is 67.0 Å². The lowest BCUT2D eigenvalue weighted by atomic mass is 9.93. The lowest BCUT2D eigenvalue weighted by Crippen LogP contribution is -2.39. The number of nitrogens with zero attached hydrogens (tertiary/aromatic N) is 2. The van der Waals surface area contributed by atoms with E-state index >= 15 is 0 Å². The van der Waals surface area contributed by atoms with E-state index in [4.69, 9.17) is 4.98 Å². The van der Waals surface area contributed by atoms with Crippen molar-refractivity contribution < 1.29 is 0 Å². The number of anilines is 1. The van der Waals surface area contributed by atoms with Gasteiger partial charge >= 0.3 is 0 Å². The second-order valence-corrected chi connectivity index (χ2v) is 7.02. The van der Waals surface area contributed by atoms with Crippen molar-refractivity contribution in [1.29, 1.82) is 0 Å². The molecule has 0 aromatic carbocycles. The Morgan fingerprint density at radius 2 is 1.67 bits per heavy atom. The zero-order chi connectivity index (χ0) is 13.9. The Morgan fingerprint density at radius 3 is 2.00 bits per heavy atom. The highest BCUT2D eigenvalue weighted by molar-refractivity contribution is 7.13. The number of rotatable bonds is 5. The predicted octanol–water partition coefficient (Wildman–Crippen LogP) is 4.84. The summed E-state index contributed by atoms with van der Waals surface area (Å²) in [6.07, 6.45) is 2.32. The van der Waals surface area contributed by atoms with E-state index in [1.54, 1.807) is 11.3 Å². The molecule has 2 atom stereocenters. The lowest BCUT2D eigenvalue weighted by molar-refractivity contribution is 0.521. The Morgan fingerprint density at radius 1 is 1.17 bits per heavy atom. The minimum atomic E-state index is 0.144. The first-order valence-corrected chi connectivity index (χ1v) is 7.93. The van der Waals surface area contributed by atoms with Gasteiger partial charge < -0.3 is 4.90 Å². The molecular formula is C15H28N2S. The molecule has 1 heterocycles. The van der Waals surface area contributed by atoms with Crippen LogP contribution in [0.5, 0.6) is 0 Å². The average molecular weight is 268 g/mol. The number of hydrogen-bond donors (Lipinski definition) is 0. The van der Waals surface area contributed by atoms with Crippen molar-refractivity contribution >= 4 is 16.5 Å². The van der Waals surface area contributed by atoms with E-state index in [-0.39, 0.29) is 5.41 Å². The molecule has 104 valence electrons. The van der Waals surface area contributed by atoms with E-state index in [0.29, 0.717) is 12.1 Å². The van der Waals surface area contributed by atoms with E-state index in [2.05, 4.69) is 58.7 Å². The first-order chi connectivity index (χ1) is 8.31. The Hall–Kier alpha value is -0.570. The van der Waals surface area contributed by atoms with Gasteiger partial charge in [-0.3, -0.25) is 0 Å². The standard InChI is InChI=1S/C15H28N2S/c1-8-11(3)17(12(4)9-2)14-16-13(10-18-14)15(5,6)7/h10-12H,8-9H2,1-7H3. The summed E-state index contributed by atoms with van der Waals surface area (Å²) in [6, 6.07) is 1.11. The summed E-state index contributed by atoms with van der Waals surface area (Å²) >= 11 is 1.79. The van der Waals surface area contributed by atoms with Crippen LogP contribution in [0.4, 0.5) is 5.13 Å². The van der Waals surface area contributed by atoms with Gasteiger partial charge in [0.2, 0.25) is 0 Å². The van der Waals surface area contributed by atoms with Gasteiger partial charge in [0.15, 0.2) is 5.13 Å². The van der Waals surface area contributed by atoms with Gasteiger partial charge in [-0.15, -0.1) is 11.3 Å². The highest BCUT2D eigenvalue weighted by Crippen LogP contribution is 2.31. The molecule has 1 rings (SSSR count). The molecule has 0 aliphatic carbocycles. The summed E-state index contributed by atoms with van der Waals surface area (Å²) in [5, 5.41) is 3.40. The summed E-state index contributed by atoms with van der Waals surface area (Å²) in [5.41, 5.74) is 1.35. The molecule has 0 N–H and O–H groups in total. The smallest absolute Gasteiger partial charge is 0.186 e. The summed E-state index contributed by atoms with van der Waals surface area (Å²) in [4.78, 5) is 7.35. The minimum absolute atomic E-state index is 0.144. The molecule has 0 radical (unpaired) electrons. The molecule has 0 spiro atoms. The molecule has 18 heavy (non-hydrogen) atoms. The molecule has 0 aliphatic heterocycles. The van der Waals surface area contributed by atoms with Crippen LogP contribution < -0.4 is 4.90 Å². The van der Waals surface area contributed by atoms with Crippen LogP contribution in [0.3, 0.4) is 0 Å². The monoisotopic (exact) mass is 268 g/mol. The molecule has 0 amide bonds. The maximum atomic E-state index is 4.86. The van der Waals surface area contributed by atoms with Crippen molar-refractivity contribution in [3.05, 3.63) is 11.1 Å². The lowest BCUT2D eigenvalue weighted by Gasteiger charge is -2.33. The fourth-order valence-electron chi connectivity index (χ4n) is 1.93. The number of aromatic nitrogens is 1. The first kappa shape index (κ1) is 15.5. The number of hydrogen-bond acceptors (Lipinski definition) is 3. The normalized spacial score (nSPS) is 15.5. The largest absolute Gasteiger partial charge is 0.343 e. The second kappa shape index (κ2) is 6.05. The quantitative estimate of drug-likeness (QED) is 0.759. The summed E-state index contributed by atoms with van der Waals surface area (Å²) in [6.45, 7) is 15.8. The van der Waals surface area contributed by atoms with Gasteiger partial charge in [0.05, 0.1) is 5.69 Å². The zero-order valence-corrected chi connectivity index (χ0v) is 13.8. The van der Waals surface area contributed by atoms with Gasteiger partial charge in [-0.1, -0.05) is 34.6 Å². The second-order valence-electron chi connectivity index (χ2n) is 6.19. The Labute approximate surface area is 116 Å². The van der Waals surface area contributed by atoms with E-state index in [0.717, 1.165) is 12.8 Å². The van der Waals surface area contributed by atoms with Crippen molar-refractivity contribution in [3.63, 3.8) is 0 Å². The van der Waals surface area contributed by atoms with Crippen LogP contribution in [-0.4, -0.2) is 17.1 Å². The third-order valence-corrected chi connectivity index (χ3v) is 4.47. The third-order valence-electron chi connectivity index (χ3n) is 3.61. The van der Waals surface area contributed by atoms with Crippen LogP contribution in [0.25, 0.3) is 0 Å². The van der Waals surface area contributed by atoms with Gasteiger partial charge in [0, 0.05) is 22.9 Å². The molecular weight excluding hydrogens is 240 g/mol. The summed E-state index contributed by atoms with van der Waals surface area (Å²) < 4.78 is 0. The van der Waals surface area contributed by atoms with Crippen LogP contribution >= 0.6 is 11.3 Å². The molecule has 0 bridgehead atoms. The van der Waals surface area contributed by atoms with E-state index < -0.39 is 0 Å². The molecule has 2 unspecified atom stereocenters. The van der Waals surface area contributed by atoms with Crippen molar-refractivity contribution in [2.45, 2.75) is 78.8 Å². The van der Waals surface area contributed by atoms with Gasteiger partial charge in [-0.2, -0.15) is 0 Å². The SMILES string of the molecule is CCC(C)N(c1nc(C(C)(C)C)cs1)C(C)CC. The molecule has 0 saturated heterocycles. The highest BCUT2D eigenvalue weighted by atomic mass is 32.1. The van der Waals surface area contributed by atoms with Gasteiger partial charge in [0.25, 0.3) is 0 Å². The molecule has 0 fully saturated rings. The van der Waals surface area contributed by atoms with Crippen molar-refractivity contribution in [2.75, 3.05) is 4.90 Å². The maximum Gasteiger partial charge on any atom is 0.186 e. The fourth-order valence-corrected chi connectivity index (χ4v) is 3.19. The van der Waals surface area contributed by atoms with Gasteiger partial charge in [-0.25, -0.2) is 4.98 Å². The first-order valence-electron chi connectivity index (χ1n) is 7.05. The topological polar surface area (TPSA) is 16.1 Å². The number of thiazole rings is 1. The van der Waals surface area contributed by atoms with Crippen LogP contribution in [-0.2, 0) is 5.41 Å². The van der Waals surface area contributed by atoms with E-state index in [1.165, 1.54) is 10.8 Å². The minimum Gasteiger partial charge on any atom is -0.343 e. The van der Waals surface area contributed by atoms with E-state index in [1.807, 2.05) is 0 Å². The van der Waals surface area contributed by atoms with Crippen molar-refractivity contribution in [2.24, 2.45) is 0 Å². The zero-order valence-electron chi connectivity index (χ0n) is 12.9. The third kappa shape index (κ3) is 3.47. The Balaban J connectivity index is 3.03. The molecule has 3 heteroatoms. The van der Waals surface area contributed by atoms with Gasteiger partial charge in [0.1, 0.15) is 0 Å². The molecule has 2 nitrogen and oxygen atoms in total. The van der Waals surface area contributed by atoms with Crippen LogP contribution in [0, 0.1) is 0 Å². The Kier molecular flexibility index (Phi) is 5.20. The van der Waals surface area contributed by atoms with Crippen molar-refractivity contribution in [1.82, 2.24) is 4.98 Å². The summed E-state index contributed by atoms with van der Waals surface area (Å²) in [7, 11) is 0. The average Bonchev–Trinajstić information content (AvgIpc) is 2.77. The summed E-state index contributed by atoms with van der Waals surface area (Å²) in [5.74, 6) is 0. The fraction of sp³-hybridized carbons (Fsp3) is 0.800. The van der Waals surface area contributed by atoms with Gasteiger partial charge in [-0.05, 0) is 26.7 Å². The predicted molar refractivity (Wildman–Crippen MR) is 82.8 cm³/mol. The molecule has 0 saturated carbocycles. The van der Waals surface area contributed by atoms with Crippen molar-refractivity contribution in [3.8, 4) is 0 Å². The van der Waals surface area contributed by atoms with E-state index in [9.17, 15) is 0 Å². The Bertz CT molecular complexity index is 355. The molecule has 1 aromatic rings.